The average molecular weight is 362 g/mol. The van der Waals surface area contributed by atoms with Gasteiger partial charge in [-0.2, -0.15) is 0 Å². The van der Waals surface area contributed by atoms with E-state index in [9.17, 15) is 4.79 Å². The fourth-order valence-corrected chi connectivity index (χ4v) is 2.78. The minimum atomic E-state index is -0.519. The van der Waals surface area contributed by atoms with Gasteiger partial charge >= 0.3 is 0 Å². The predicted octanol–water partition coefficient (Wildman–Crippen LogP) is 2.61. The summed E-state index contributed by atoms with van der Waals surface area (Å²) in [7, 11) is 2.06. The minimum absolute atomic E-state index is 0. The van der Waals surface area contributed by atoms with E-state index in [2.05, 4.69) is 29.4 Å². The Balaban J connectivity index is 0.00000312. The Labute approximate surface area is 156 Å². The van der Waals surface area contributed by atoms with Crippen LogP contribution in [0, 0.1) is 0 Å². The fraction of sp³-hybridized carbons (Fsp3) is 0.350. The van der Waals surface area contributed by atoms with Crippen LogP contribution in [-0.4, -0.2) is 36.5 Å². The van der Waals surface area contributed by atoms with Gasteiger partial charge in [-0.05, 0) is 31.5 Å². The van der Waals surface area contributed by atoms with Gasteiger partial charge in [0.2, 0.25) is 5.91 Å². The Morgan fingerprint density at radius 2 is 1.56 bits per heavy atom. The van der Waals surface area contributed by atoms with Crippen LogP contribution >= 0.6 is 12.4 Å². The molecular formula is C20H28ClN3O. The Morgan fingerprint density at radius 3 is 2.12 bits per heavy atom. The van der Waals surface area contributed by atoms with Gasteiger partial charge in [-0.1, -0.05) is 60.7 Å². The zero-order valence-electron chi connectivity index (χ0n) is 14.9. The largest absolute Gasteiger partial charge is 0.351 e. The summed E-state index contributed by atoms with van der Waals surface area (Å²) in [5.74, 6) is -0.0977. The maximum Gasteiger partial charge on any atom is 0.237 e. The second-order valence-electron chi connectivity index (χ2n) is 6.39. The van der Waals surface area contributed by atoms with Gasteiger partial charge in [0.15, 0.2) is 0 Å². The number of halogens is 1. The molecule has 136 valence electrons. The number of likely N-dealkylation sites (N-methyl/N-ethyl adjacent to an activating group) is 1. The smallest absolute Gasteiger partial charge is 0.237 e. The molecule has 2 aromatic rings. The number of benzene rings is 2. The molecule has 4 nitrogen and oxygen atoms in total. The molecular weight excluding hydrogens is 334 g/mol. The first kappa shape index (κ1) is 21.2. The number of rotatable bonds is 8. The first-order valence-corrected chi connectivity index (χ1v) is 8.37. The first-order valence-electron chi connectivity index (χ1n) is 8.37. The summed E-state index contributed by atoms with van der Waals surface area (Å²) in [6.07, 6.45) is 0.555. The van der Waals surface area contributed by atoms with E-state index in [0.29, 0.717) is 6.42 Å². The van der Waals surface area contributed by atoms with Crippen molar-refractivity contribution in [1.82, 2.24) is 10.2 Å². The molecule has 0 heterocycles. The molecule has 0 radical (unpaired) electrons. The highest BCUT2D eigenvalue weighted by atomic mass is 35.5. The lowest BCUT2D eigenvalue weighted by Gasteiger charge is -2.23. The number of hydrogen-bond acceptors (Lipinski definition) is 3. The highest BCUT2D eigenvalue weighted by Crippen LogP contribution is 2.04. The lowest BCUT2D eigenvalue weighted by Crippen LogP contribution is -2.48. The molecule has 1 amide bonds. The second-order valence-corrected chi connectivity index (χ2v) is 6.39. The molecule has 2 aromatic carbocycles. The number of carbonyl (C=O) groups is 1. The van der Waals surface area contributed by atoms with E-state index in [1.54, 1.807) is 0 Å². The van der Waals surface area contributed by atoms with Crippen LogP contribution in [0.5, 0.6) is 0 Å². The highest BCUT2D eigenvalue weighted by molar-refractivity contribution is 5.85. The monoisotopic (exact) mass is 361 g/mol. The van der Waals surface area contributed by atoms with Gasteiger partial charge in [0, 0.05) is 19.1 Å². The molecule has 0 aliphatic rings. The van der Waals surface area contributed by atoms with Crippen molar-refractivity contribution >= 4 is 18.3 Å². The quantitative estimate of drug-likeness (QED) is 0.759. The topological polar surface area (TPSA) is 58.4 Å². The maximum atomic E-state index is 12.2. The highest BCUT2D eigenvalue weighted by Gasteiger charge is 2.17. The third-order valence-corrected chi connectivity index (χ3v) is 3.90. The summed E-state index contributed by atoms with van der Waals surface area (Å²) < 4.78 is 0. The van der Waals surface area contributed by atoms with E-state index in [0.717, 1.165) is 18.7 Å². The van der Waals surface area contributed by atoms with Gasteiger partial charge < -0.3 is 16.0 Å². The van der Waals surface area contributed by atoms with Crippen LogP contribution in [-0.2, 0) is 17.8 Å². The van der Waals surface area contributed by atoms with Crippen LogP contribution in [0.2, 0.25) is 0 Å². The standard InChI is InChI=1S/C20H27N3O.ClH/c1-16(14-23(2)15-18-11-7-4-8-12-18)22-20(24)19(21)13-17-9-5-3-6-10-17;/h3-12,16,19H,13-15,21H2,1-2H3,(H,22,24);1H. The fourth-order valence-electron chi connectivity index (χ4n) is 2.78. The molecule has 0 aromatic heterocycles. The van der Waals surface area contributed by atoms with Crippen LogP contribution < -0.4 is 11.1 Å². The molecule has 0 fully saturated rings. The van der Waals surface area contributed by atoms with Gasteiger partial charge in [0.1, 0.15) is 0 Å². The molecule has 2 rings (SSSR count). The van der Waals surface area contributed by atoms with Crippen molar-refractivity contribution in [1.29, 1.82) is 0 Å². The molecule has 2 atom stereocenters. The lowest BCUT2D eigenvalue weighted by atomic mass is 10.1. The van der Waals surface area contributed by atoms with Crippen molar-refractivity contribution in [3.8, 4) is 0 Å². The SMILES string of the molecule is CC(CN(C)Cc1ccccc1)NC(=O)C(N)Cc1ccccc1.Cl. The Hall–Kier alpha value is -1.88. The molecule has 0 saturated heterocycles. The molecule has 0 spiro atoms. The van der Waals surface area contributed by atoms with E-state index < -0.39 is 6.04 Å². The van der Waals surface area contributed by atoms with E-state index in [1.807, 2.05) is 55.5 Å². The second kappa shape index (κ2) is 10.9. The zero-order valence-corrected chi connectivity index (χ0v) is 15.7. The Kier molecular flexibility index (Phi) is 9.21. The molecule has 0 saturated carbocycles. The number of nitrogens with zero attached hydrogens (tertiary/aromatic N) is 1. The van der Waals surface area contributed by atoms with Gasteiger partial charge in [-0.15, -0.1) is 12.4 Å². The molecule has 2 unspecified atom stereocenters. The van der Waals surface area contributed by atoms with Crippen molar-refractivity contribution < 1.29 is 4.79 Å². The van der Waals surface area contributed by atoms with Crippen molar-refractivity contribution in [2.24, 2.45) is 5.73 Å². The number of hydrogen-bond donors (Lipinski definition) is 2. The van der Waals surface area contributed by atoms with Crippen molar-refractivity contribution in [2.45, 2.75) is 32.0 Å². The number of nitrogens with one attached hydrogen (secondary N) is 1. The van der Waals surface area contributed by atoms with Crippen LogP contribution in [0.3, 0.4) is 0 Å². The molecule has 0 aliphatic carbocycles. The summed E-state index contributed by atoms with van der Waals surface area (Å²) in [5, 5.41) is 3.01. The molecule has 25 heavy (non-hydrogen) atoms. The third-order valence-electron chi connectivity index (χ3n) is 3.90. The van der Waals surface area contributed by atoms with Crippen LogP contribution in [0.4, 0.5) is 0 Å². The third kappa shape index (κ3) is 7.69. The summed E-state index contributed by atoms with van der Waals surface area (Å²) in [6, 6.07) is 19.7. The first-order chi connectivity index (χ1) is 11.5. The summed E-state index contributed by atoms with van der Waals surface area (Å²) in [5.41, 5.74) is 8.37. The summed E-state index contributed by atoms with van der Waals surface area (Å²) in [6.45, 7) is 3.64. The van der Waals surface area contributed by atoms with Crippen LogP contribution in [0.15, 0.2) is 60.7 Å². The van der Waals surface area contributed by atoms with E-state index in [4.69, 9.17) is 5.73 Å². The molecule has 0 bridgehead atoms. The van der Waals surface area contributed by atoms with Gasteiger partial charge in [0.25, 0.3) is 0 Å². The van der Waals surface area contributed by atoms with E-state index in [1.165, 1.54) is 5.56 Å². The predicted molar refractivity (Wildman–Crippen MR) is 106 cm³/mol. The van der Waals surface area contributed by atoms with Gasteiger partial charge in [-0.3, -0.25) is 4.79 Å². The molecule has 5 heteroatoms. The Bertz CT molecular complexity index is 621. The molecule has 3 N–H and O–H groups in total. The molecule has 0 aliphatic heterocycles. The van der Waals surface area contributed by atoms with Crippen molar-refractivity contribution in [3.05, 3.63) is 71.8 Å². The van der Waals surface area contributed by atoms with Gasteiger partial charge in [0.05, 0.1) is 6.04 Å². The normalized spacial score (nSPS) is 13.0. The van der Waals surface area contributed by atoms with Gasteiger partial charge in [-0.25, -0.2) is 0 Å². The van der Waals surface area contributed by atoms with E-state index >= 15 is 0 Å². The number of carbonyl (C=O) groups excluding carboxylic acids is 1. The van der Waals surface area contributed by atoms with Crippen molar-refractivity contribution in [2.75, 3.05) is 13.6 Å². The summed E-state index contributed by atoms with van der Waals surface area (Å²) >= 11 is 0. The maximum absolute atomic E-state index is 12.2. The lowest BCUT2D eigenvalue weighted by molar-refractivity contribution is -0.123. The minimum Gasteiger partial charge on any atom is -0.351 e. The zero-order chi connectivity index (χ0) is 17.4. The van der Waals surface area contributed by atoms with E-state index in [-0.39, 0.29) is 24.4 Å². The Morgan fingerprint density at radius 1 is 1.04 bits per heavy atom. The van der Waals surface area contributed by atoms with Crippen LogP contribution in [0.1, 0.15) is 18.1 Å². The van der Waals surface area contributed by atoms with Crippen molar-refractivity contribution in [3.63, 3.8) is 0 Å². The summed E-state index contributed by atoms with van der Waals surface area (Å²) in [4.78, 5) is 14.4. The number of amides is 1. The average Bonchev–Trinajstić information content (AvgIpc) is 2.56. The van der Waals surface area contributed by atoms with Crippen LogP contribution in [0.25, 0.3) is 0 Å². The number of nitrogens with two attached hydrogens (primary N) is 1.